The van der Waals surface area contributed by atoms with Crippen LogP contribution in [0.1, 0.15) is 18.4 Å². The molecule has 2 atom stereocenters. The average Bonchev–Trinajstić information content (AvgIpc) is 2.86. The molecule has 0 aliphatic carbocycles. The van der Waals surface area contributed by atoms with Crippen LogP contribution in [0.5, 0.6) is 0 Å². The van der Waals surface area contributed by atoms with E-state index in [1.165, 1.54) is 29.2 Å². The molecule has 4 heteroatoms. The summed E-state index contributed by atoms with van der Waals surface area (Å²) in [4.78, 5) is 7.19. The molecule has 2 aliphatic rings. The van der Waals surface area contributed by atoms with Crippen molar-refractivity contribution in [1.82, 2.24) is 10.3 Å². The summed E-state index contributed by atoms with van der Waals surface area (Å²) in [6, 6.07) is 8.59. The maximum atomic E-state index is 5.94. The molecule has 1 aromatic carbocycles. The van der Waals surface area contributed by atoms with E-state index in [2.05, 4.69) is 34.5 Å². The number of hydrogen-bond acceptors (Lipinski definition) is 4. The molecule has 21 heavy (non-hydrogen) atoms. The number of fused-ring (bicyclic) bond motifs is 3. The van der Waals surface area contributed by atoms with Gasteiger partial charge in [0.1, 0.15) is 5.82 Å². The van der Waals surface area contributed by atoms with Gasteiger partial charge < -0.3 is 15.0 Å². The largest absolute Gasteiger partial charge is 0.371 e. The summed E-state index contributed by atoms with van der Waals surface area (Å²) in [5.41, 5.74) is 1.26. The second-order valence-corrected chi connectivity index (χ2v) is 6.05. The molecule has 4 nitrogen and oxygen atoms in total. The number of nitrogens with one attached hydrogen (secondary N) is 1. The van der Waals surface area contributed by atoms with Crippen molar-refractivity contribution in [2.75, 3.05) is 25.0 Å². The number of anilines is 1. The second-order valence-electron chi connectivity index (χ2n) is 6.05. The Balaban J connectivity index is 1.77. The van der Waals surface area contributed by atoms with Crippen LogP contribution in [0.2, 0.25) is 0 Å². The molecule has 2 aliphatic heterocycles. The van der Waals surface area contributed by atoms with Crippen molar-refractivity contribution >= 4 is 16.6 Å². The third-order valence-corrected chi connectivity index (χ3v) is 4.57. The Morgan fingerprint density at radius 2 is 1.90 bits per heavy atom. The monoisotopic (exact) mass is 283 g/mol. The number of rotatable bonds is 3. The number of nitrogens with zero attached hydrogens (tertiary/aromatic N) is 2. The smallest absolute Gasteiger partial charge is 0.136 e. The normalized spacial score (nSPS) is 24.7. The minimum atomic E-state index is 0.390. The highest BCUT2D eigenvalue weighted by atomic mass is 16.5. The highest BCUT2D eigenvalue weighted by Gasteiger charge is 2.34. The first-order valence-electron chi connectivity index (χ1n) is 7.77. The van der Waals surface area contributed by atoms with Gasteiger partial charge in [0.2, 0.25) is 0 Å². The van der Waals surface area contributed by atoms with Crippen LogP contribution in [0.15, 0.2) is 30.5 Å². The number of morpholine rings is 1. The topological polar surface area (TPSA) is 37.4 Å². The first-order valence-corrected chi connectivity index (χ1v) is 7.77. The fraction of sp³-hybridized carbons (Fsp3) is 0.471. The van der Waals surface area contributed by atoms with Gasteiger partial charge >= 0.3 is 0 Å². The maximum absolute atomic E-state index is 5.94. The summed E-state index contributed by atoms with van der Waals surface area (Å²) in [6.45, 7) is 2.79. The van der Waals surface area contributed by atoms with Crippen LogP contribution in [0.4, 0.5) is 5.82 Å². The first-order chi connectivity index (χ1) is 10.3. The number of hydrogen-bond donors (Lipinski definition) is 1. The van der Waals surface area contributed by atoms with E-state index in [0.29, 0.717) is 12.2 Å². The van der Waals surface area contributed by atoms with Crippen LogP contribution < -0.4 is 10.2 Å². The molecule has 2 saturated heterocycles. The fourth-order valence-corrected chi connectivity index (χ4v) is 3.61. The number of aromatic nitrogens is 1. The minimum Gasteiger partial charge on any atom is -0.371 e. The lowest BCUT2D eigenvalue weighted by molar-refractivity contribution is 0.0303. The Morgan fingerprint density at radius 1 is 1.19 bits per heavy atom. The molecule has 2 bridgehead atoms. The average molecular weight is 283 g/mol. The number of ether oxygens (including phenoxy) is 1. The van der Waals surface area contributed by atoms with Crippen LogP contribution >= 0.6 is 0 Å². The molecule has 2 fully saturated rings. The summed E-state index contributed by atoms with van der Waals surface area (Å²) >= 11 is 0. The molecular weight excluding hydrogens is 262 g/mol. The first kappa shape index (κ1) is 13.0. The Morgan fingerprint density at radius 3 is 2.62 bits per heavy atom. The number of pyridine rings is 1. The zero-order valence-electron chi connectivity index (χ0n) is 12.4. The van der Waals surface area contributed by atoms with Gasteiger partial charge in [-0.2, -0.15) is 0 Å². The third kappa shape index (κ3) is 2.28. The van der Waals surface area contributed by atoms with Gasteiger partial charge in [-0.25, -0.2) is 4.98 Å². The highest BCUT2D eigenvalue weighted by molar-refractivity contribution is 5.94. The van der Waals surface area contributed by atoms with Gasteiger partial charge in [0.25, 0.3) is 0 Å². The lowest BCUT2D eigenvalue weighted by Crippen LogP contribution is -2.43. The van der Waals surface area contributed by atoms with Crippen LogP contribution in [-0.4, -0.2) is 37.3 Å². The van der Waals surface area contributed by atoms with E-state index in [4.69, 9.17) is 9.72 Å². The summed E-state index contributed by atoms with van der Waals surface area (Å²) < 4.78 is 5.94. The quantitative estimate of drug-likeness (QED) is 0.938. The highest BCUT2D eigenvalue weighted by Crippen LogP contribution is 2.33. The Labute approximate surface area is 125 Å². The lowest BCUT2D eigenvalue weighted by Gasteiger charge is -2.33. The molecule has 0 spiro atoms. The standard InChI is InChI=1S/C17H21N3O/c1-18-8-12-9-19-17(16-5-3-2-4-15(12)16)20-10-13-6-7-14(11-20)21-13/h2-5,9,13-14,18H,6-8,10-11H2,1H3. The van der Waals surface area contributed by atoms with Gasteiger partial charge in [-0.1, -0.05) is 24.3 Å². The number of benzene rings is 1. The van der Waals surface area contributed by atoms with E-state index in [0.717, 1.165) is 25.5 Å². The third-order valence-electron chi connectivity index (χ3n) is 4.57. The van der Waals surface area contributed by atoms with Gasteiger partial charge in [-0.05, 0) is 30.8 Å². The molecule has 0 saturated carbocycles. The van der Waals surface area contributed by atoms with E-state index in [-0.39, 0.29) is 0 Å². The molecular formula is C17H21N3O. The summed E-state index contributed by atoms with van der Waals surface area (Å²) in [7, 11) is 1.97. The Bertz CT molecular complexity index is 646. The summed E-state index contributed by atoms with van der Waals surface area (Å²) in [6.07, 6.45) is 5.18. The molecule has 3 heterocycles. The van der Waals surface area contributed by atoms with Crippen molar-refractivity contribution in [1.29, 1.82) is 0 Å². The fourth-order valence-electron chi connectivity index (χ4n) is 3.61. The zero-order chi connectivity index (χ0) is 14.2. The molecule has 1 aromatic heterocycles. The van der Waals surface area contributed by atoms with Crippen molar-refractivity contribution < 1.29 is 4.74 Å². The second kappa shape index (κ2) is 5.28. The van der Waals surface area contributed by atoms with E-state index in [1.54, 1.807) is 0 Å². The molecule has 1 N–H and O–H groups in total. The Hall–Kier alpha value is -1.65. The van der Waals surface area contributed by atoms with Gasteiger partial charge in [0.05, 0.1) is 12.2 Å². The predicted octanol–water partition coefficient (Wildman–Crippen LogP) is 2.32. The van der Waals surface area contributed by atoms with Gasteiger partial charge in [0, 0.05) is 31.2 Å². The van der Waals surface area contributed by atoms with E-state index < -0.39 is 0 Å². The summed E-state index contributed by atoms with van der Waals surface area (Å²) in [5.74, 6) is 1.12. The van der Waals surface area contributed by atoms with Crippen molar-refractivity contribution in [2.45, 2.75) is 31.6 Å². The minimum absolute atomic E-state index is 0.390. The Kier molecular flexibility index (Phi) is 3.28. The van der Waals surface area contributed by atoms with Gasteiger partial charge in [0.15, 0.2) is 0 Å². The molecule has 110 valence electrons. The van der Waals surface area contributed by atoms with Crippen molar-refractivity contribution in [2.24, 2.45) is 0 Å². The van der Waals surface area contributed by atoms with Crippen LogP contribution in [0, 0.1) is 0 Å². The van der Waals surface area contributed by atoms with Crippen molar-refractivity contribution in [3.63, 3.8) is 0 Å². The van der Waals surface area contributed by atoms with E-state index >= 15 is 0 Å². The van der Waals surface area contributed by atoms with Gasteiger partial charge in [-0.15, -0.1) is 0 Å². The maximum Gasteiger partial charge on any atom is 0.136 e. The van der Waals surface area contributed by atoms with Crippen LogP contribution in [-0.2, 0) is 11.3 Å². The molecule has 2 unspecified atom stereocenters. The molecule has 0 radical (unpaired) electrons. The van der Waals surface area contributed by atoms with Gasteiger partial charge in [-0.3, -0.25) is 0 Å². The van der Waals surface area contributed by atoms with E-state index in [1.807, 2.05) is 13.2 Å². The lowest BCUT2D eigenvalue weighted by atomic mass is 10.1. The predicted molar refractivity (Wildman–Crippen MR) is 84.6 cm³/mol. The van der Waals surface area contributed by atoms with Crippen molar-refractivity contribution in [3.05, 3.63) is 36.0 Å². The SMILES string of the molecule is CNCc1cnc(N2CC3CCC(C2)O3)c2ccccc12. The molecule has 2 aromatic rings. The molecule has 4 rings (SSSR count). The molecule has 0 amide bonds. The zero-order valence-corrected chi connectivity index (χ0v) is 12.4. The summed E-state index contributed by atoms with van der Waals surface area (Å²) in [5, 5.41) is 5.78. The van der Waals surface area contributed by atoms with E-state index in [9.17, 15) is 0 Å². The van der Waals surface area contributed by atoms with Crippen LogP contribution in [0.25, 0.3) is 10.8 Å². The van der Waals surface area contributed by atoms with Crippen LogP contribution in [0.3, 0.4) is 0 Å². The van der Waals surface area contributed by atoms with Crippen molar-refractivity contribution in [3.8, 4) is 0 Å².